The van der Waals surface area contributed by atoms with Gasteiger partial charge >= 0.3 is 5.97 Å². The van der Waals surface area contributed by atoms with Gasteiger partial charge in [-0.25, -0.2) is 0 Å². The lowest BCUT2D eigenvalue weighted by molar-refractivity contribution is -0.147. The Balaban J connectivity index is 1.87. The van der Waals surface area contributed by atoms with Crippen molar-refractivity contribution in [2.75, 3.05) is 19.7 Å². The van der Waals surface area contributed by atoms with Gasteiger partial charge in [0.15, 0.2) is 6.61 Å². The maximum Gasteiger partial charge on any atom is 0.311 e. The van der Waals surface area contributed by atoms with Crippen LogP contribution >= 0.6 is 15.9 Å². The van der Waals surface area contributed by atoms with Crippen LogP contribution in [0.25, 0.3) is 0 Å². The molecule has 1 saturated heterocycles. The number of hydrogen-bond acceptors (Lipinski definition) is 3. The third-order valence-corrected chi connectivity index (χ3v) is 4.05. The number of benzene rings is 1. The van der Waals surface area contributed by atoms with Gasteiger partial charge in [0.25, 0.3) is 5.91 Å². The molecule has 1 aromatic rings. The molecule has 0 saturated carbocycles. The minimum atomic E-state index is -0.860. The van der Waals surface area contributed by atoms with Gasteiger partial charge in [-0.2, -0.15) is 0 Å². The number of ether oxygens (including phenoxy) is 1. The fourth-order valence-electron chi connectivity index (χ4n) is 2.12. The van der Waals surface area contributed by atoms with Crippen LogP contribution in [0.4, 0.5) is 0 Å². The van der Waals surface area contributed by atoms with Gasteiger partial charge in [-0.15, -0.1) is 0 Å². The molecule has 0 radical (unpaired) electrons. The van der Waals surface area contributed by atoms with E-state index in [9.17, 15) is 9.59 Å². The highest BCUT2D eigenvalue weighted by molar-refractivity contribution is 9.10. The predicted octanol–water partition coefficient (Wildman–Crippen LogP) is 2.15. The third-order valence-electron chi connectivity index (χ3n) is 3.52. The summed E-state index contributed by atoms with van der Waals surface area (Å²) in [6, 6.07) is 7.19. The molecule has 1 fully saturated rings. The fraction of sp³-hybridized carbons (Fsp3) is 0.429. The van der Waals surface area contributed by atoms with Gasteiger partial charge in [0.05, 0.1) is 5.41 Å². The van der Waals surface area contributed by atoms with Crippen LogP contribution in [-0.2, 0) is 9.59 Å². The van der Waals surface area contributed by atoms with Crippen molar-refractivity contribution in [3.63, 3.8) is 0 Å². The van der Waals surface area contributed by atoms with Crippen LogP contribution in [0.1, 0.15) is 13.3 Å². The van der Waals surface area contributed by atoms with Gasteiger partial charge in [0, 0.05) is 17.6 Å². The molecule has 1 amide bonds. The standard InChI is InChI=1S/C14H16BrNO4/c1-14(13(18)19)6-7-16(9-14)12(17)8-20-11-4-2-10(15)3-5-11/h2-5H,6-9H2,1H3,(H,18,19)/t14-/m1/s1. The van der Waals surface area contributed by atoms with E-state index < -0.39 is 11.4 Å². The van der Waals surface area contributed by atoms with Crippen LogP contribution in [0, 0.1) is 5.41 Å². The highest BCUT2D eigenvalue weighted by Gasteiger charge is 2.42. The molecule has 0 spiro atoms. The van der Waals surface area contributed by atoms with Crippen molar-refractivity contribution in [2.45, 2.75) is 13.3 Å². The third kappa shape index (κ3) is 3.30. The lowest BCUT2D eigenvalue weighted by atomic mass is 9.90. The number of likely N-dealkylation sites (tertiary alicyclic amines) is 1. The summed E-state index contributed by atoms with van der Waals surface area (Å²) in [4.78, 5) is 24.7. The van der Waals surface area contributed by atoms with Gasteiger partial charge in [-0.1, -0.05) is 15.9 Å². The second-order valence-corrected chi connectivity index (χ2v) is 6.09. The second kappa shape index (κ2) is 5.83. The maximum atomic E-state index is 12.0. The first-order chi connectivity index (χ1) is 9.40. The molecule has 6 heteroatoms. The zero-order valence-corrected chi connectivity index (χ0v) is 12.7. The first kappa shape index (κ1) is 14.8. The monoisotopic (exact) mass is 341 g/mol. The highest BCUT2D eigenvalue weighted by Crippen LogP contribution is 2.30. The largest absolute Gasteiger partial charge is 0.484 e. The van der Waals surface area contributed by atoms with Crippen molar-refractivity contribution in [3.05, 3.63) is 28.7 Å². The van der Waals surface area contributed by atoms with Crippen molar-refractivity contribution in [1.29, 1.82) is 0 Å². The van der Waals surface area contributed by atoms with Gasteiger partial charge in [-0.05, 0) is 37.6 Å². The van der Waals surface area contributed by atoms with Crippen LogP contribution in [0.3, 0.4) is 0 Å². The van der Waals surface area contributed by atoms with Gasteiger partial charge < -0.3 is 14.7 Å². The zero-order valence-electron chi connectivity index (χ0n) is 11.1. The Morgan fingerprint density at radius 3 is 2.60 bits per heavy atom. The van der Waals surface area contributed by atoms with E-state index >= 15 is 0 Å². The summed E-state index contributed by atoms with van der Waals surface area (Å²) < 4.78 is 6.34. The number of rotatable bonds is 4. The molecule has 1 aliphatic rings. The molecule has 0 bridgehead atoms. The van der Waals surface area contributed by atoms with E-state index in [1.165, 1.54) is 0 Å². The van der Waals surface area contributed by atoms with E-state index in [-0.39, 0.29) is 19.1 Å². The van der Waals surface area contributed by atoms with Crippen molar-refractivity contribution in [3.8, 4) is 5.75 Å². The molecule has 1 aromatic carbocycles. The summed E-state index contributed by atoms with van der Waals surface area (Å²) in [5.74, 6) is -0.429. The molecule has 0 aliphatic carbocycles. The molecule has 0 unspecified atom stereocenters. The summed E-state index contributed by atoms with van der Waals surface area (Å²) in [5.41, 5.74) is -0.840. The molecule has 2 rings (SSSR count). The Morgan fingerprint density at radius 2 is 2.05 bits per heavy atom. The number of halogens is 1. The van der Waals surface area contributed by atoms with E-state index in [1.807, 2.05) is 12.1 Å². The average molecular weight is 342 g/mol. The summed E-state index contributed by atoms with van der Waals surface area (Å²) in [7, 11) is 0. The summed E-state index contributed by atoms with van der Waals surface area (Å²) >= 11 is 3.32. The summed E-state index contributed by atoms with van der Waals surface area (Å²) in [6.45, 7) is 2.30. The van der Waals surface area contributed by atoms with E-state index in [1.54, 1.807) is 24.0 Å². The van der Waals surface area contributed by atoms with Crippen molar-refractivity contribution < 1.29 is 19.4 Å². The molecule has 0 aromatic heterocycles. The number of carboxylic acids is 1. The normalized spacial score (nSPS) is 21.8. The Labute approximate surface area is 125 Å². The molecule has 1 heterocycles. The van der Waals surface area contributed by atoms with Gasteiger partial charge in [-0.3, -0.25) is 9.59 Å². The number of carbonyl (C=O) groups excluding carboxylic acids is 1. The SMILES string of the molecule is C[C@@]1(C(=O)O)CCN(C(=O)COc2ccc(Br)cc2)C1. The predicted molar refractivity (Wildman–Crippen MR) is 76.6 cm³/mol. The first-order valence-electron chi connectivity index (χ1n) is 6.30. The van der Waals surface area contributed by atoms with Crippen molar-refractivity contribution in [2.24, 2.45) is 5.41 Å². The Hall–Kier alpha value is -1.56. The van der Waals surface area contributed by atoms with E-state index in [2.05, 4.69) is 15.9 Å². The number of aliphatic carboxylic acids is 1. The molecule has 1 aliphatic heterocycles. The Bertz CT molecular complexity index is 516. The van der Waals surface area contributed by atoms with Gasteiger partial charge in [0.2, 0.25) is 0 Å². The van der Waals surface area contributed by atoms with E-state index in [0.29, 0.717) is 18.7 Å². The number of hydrogen-bond donors (Lipinski definition) is 1. The molecular weight excluding hydrogens is 326 g/mol. The fourth-order valence-corrected chi connectivity index (χ4v) is 2.38. The van der Waals surface area contributed by atoms with Crippen LogP contribution in [0.5, 0.6) is 5.75 Å². The lowest BCUT2D eigenvalue weighted by Gasteiger charge is -2.20. The molecule has 1 N–H and O–H groups in total. The van der Waals surface area contributed by atoms with Crippen LogP contribution in [0.15, 0.2) is 28.7 Å². The van der Waals surface area contributed by atoms with Crippen molar-refractivity contribution in [1.82, 2.24) is 4.90 Å². The Morgan fingerprint density at radius 1 is 1.40 bits per heavy atom. The van der Waals surface area contributed by atoms with Crippen LogP contribution < -0.4 is 4.74 Å². The number of carbonyl (C=O) groups is 2. The smallest absolute Gasteiger partial charge is 0.311 e. The van der Waals surface area contributed by atoms with Crippen LogP contribution in [-0.4, -0.2) is 41.6 Å². The average Bonchev–Trinajstić information content (AvgIpc) is 2.82. The van der Waals surface area contributed by atoms with Gasteiger partial charge in [0.1, 0.15) is 5.75 Å². The Kier molecular flexibility index (Phi) is 4.32. The molecule has 108 valence electrons. The number of nitrogens with zero attached hydrogens (tertiary/aromatic N) is 1. The maximum absolute atomic E-state index is 12.0. The highest BCUT2D eigenvalue weighted by atomic mass is 79.9. The van der Waals surface area contributed by atoms with E-state index in [4.69, 9.17) is 9.84 Å². The minimum Gasteiger partial charge on any atom is -0.484 e. The number of amides is 1. The quantitative estimate of drug-likeness (QED) is 0.911. The van der Waals surface area contributed by atoms with Crippen molar-refractivity contribution >= 4 is 27.8 Å². The minimum absolute atomic E-state index is 0.0721. The molecule has 5 nitrogen and oxygen atoms in total. The topological polar surface area (TPSA) is 66.8 Å². The van der Waals surface area contributed by atoms with Crippen LogP contribution in [0.2, 0.25) is 0 Å². The summed E-state index contributed by atoms with van der Waals surface area (Å²) in [6.07, 6.45) is 0.479. The lowest BCUT2D eigenvalue weighted by Crippen LogP contribution is -2.37. The molecule has 20 heavy (non-hydrogen) atoms. The first-order valence-corrected chi connectivity index (χ1v) is 7.09. The zero-order chi connectivity index (χ0) is 14.8. The summed E-state index contributed by atoms with van der Waals surface area (Å²) in [5, 5.41) is 9.13. The number of carboxylic acid groups (broad SMARTS) is 1. The molecule has 1 atom stereocenters. The molecular formula is C14H16BrNO4. The van der Waals surface area contributed by atoms with E-state index in [0.717, 1.165) is 4.47 Å². The second-order valence-electron chi connectivity index (χ2n) is 5.17.